The van der Waals surface area contributed by atoms with Gasteiger partial charge in [-0.05, 0) is 23.6 Å². The highest BCUT2D eigenvalue weighted by Crippen LogP contribution is 2.56. The Kier molecular flexibility index (Phi) is 2.26. The molecule has 0 heterocycles. The molecule has 2 aromatic rings. The maximum Gasteiger partial charge on any atom is 0.126 e. The molecule has 1 nitrogen and oxygen atoms in total. The zero-order valence-corrected chi connectivity index (χ0v) is 9.44. The van der Waals surface area contributed by atoms with Crippen molar-refractivity contribution in [1.82, 2.24) is 0 Å². The molecular formula is C15H14FN. The second-order valence-corrected chi connectivity index (χ2v) is 4.68. The van der Waals surface area contributed by atoms with Gasteiger partial charge in [0.1, 0.15) is 5.82 Å². The fraction of sp³-hybridized carbons (Fsp3) is 0.200. The highest BCUT2D eigenvalue weighted by atomic mass is 19.1. The van der Waals surface area contributed by atoms with Gasteiger partial charge in [0.05, 0.1) is 0 Å². The maximum atomic E-state index is 13.7. The van der Waals surface area contributed by atoms with Gasteiger partial charge in [0.25, 0.3) is 0 Å². The molecule has 3 rings (SSSR count). The van der Waals surface area contributed by atoms with Crippen LogP contribution in [-0.4, -0.2) is 0 Å². The van der Waals surface area contributed by atoms with Crippen molar-refractivity contribution >= 4 is 0 Å². The Morgan fingerprint density at radius 1 is 1.00 bits per heavy atom. The molecule has 2 atom stereocenters. The van der Waals surface area contributed by atoms with Crippen molar-refractivity contribution < 1.29 is 4.39 Å². The van der Waals surface area contributed by atoms with Crippen molar-refractivity contribution in [3.8, 4) is 0 Å². The van der Waals surface area contributed by atoms with Crippen molar-refractivity contribution in [1.29, 1.82) is 0 Å². The molecule has 0 amide bonds. The highest BCUT2D eigenvalue weighted by molar-refractivity contribution is 5.41. The van der Waals surface area contributed by atoms with Gasteiger partial charge in [0.15, 0.2) is 0 Å². The van der Waals surface area contributed by atoms with Gasteiger partial charge < -0.3 is 5.73 Å². The van der Waals surface area contributed by atoms with Gasteiger partial charge in [-0.1, -0.05) is 48.5 Å². The van der Waals surface area contributed by atoms with Gasteiger partial charge in [-0.15, -0.1) is 0 Å². The quantitative estimate of drug-likeness (QED) is 0.837. The van der Waals surface area contributed by atoms with Gasteiger partial charge in [-0.2, -0.15) is 0 Å². The average Bonchev–Trinajstić information content (AvgIpc) is 3.05. The summed E-state index contributed by atoms with van der Waals surface area (Å²) in [6, 6.07) is 16.8. The van der Waals surface area contributed by atoms with Crippen LogP contribution in [0.15, 0.2) is 54.6 Å². The first-order valence-corrected chi connectivity index (χ1v) is 5.80. The zero-order valence-electron chi connectivity index (χ0n) is 9.44. The first-order chi connectivity index (χ1) is 8.22. The van der Waals surface area contributed by atoms with Crippen molar-refractivity contribution in [2.75, 3.05) is 0 Å². The summed E-state index contributed by atoms with van der Waals surface area (Å²) < 4.78 is 13.7. The minimum atomic E-state index is -0.385. The summed E-state index contributed by atoms with van der Waals surface area (Å²) in [5, 5.41) is 0. The van der Waals surface area contributed by atoms with E-state index in [1.165, 1.54) is 6.07 Å². The molecule has 1 saturated carbocycles. The Morgan fingerprint density at radius 3 is 2.35 bits per heavy atom. The first-order valence-electron chi connectivity index (χ1n) is 5.80. The van der Waals surface area contributed by atoms with Gasteiger partial charge in [0, 0.05) is 11.5 Å². The topological polar surface area (TPSA) is 26.0 Å². The van der Waals surface area contributed by atoms with E-state index in [1.54, 1.807) is 6.07 Å². The van der Waals surface area contributed by atoms with Crippen molar-refractivity contribution in [3.63, 3.8) is 0 Å². The van der Waals surface area contributed by atoms with Crippen molar-refractivity contribution in [3.05, 3.63) is 71.5 Å². The van der Waals surface area contributed by atoms with Crippen LogP contribution in [0, 0.1) is 5.82 Å². The molecule has 1 aliphatic carbocycles. The lowest BCUT2D eigenvalue weighted by Crippen LogP contribution is -2.21. The smallest absolute Gasteiger partial charge is 0.126 e. The molecule has 1 aliphatic rings. The number of hydrogen-bond acceptors (Lipinski definition) is 1. The predicted octanol–water partition coefficient (Wildman–Crippen LogP) is 3.17. The molecule has 0 bridgehead atoms. The van der Waals surface area contributed by atoms with Gasteiger partial charge in [-0.25, -0.2) is 4.39 Å². The van der Waals surface area contributed by atoms with Gasteiger partial charge in [-0.3, -0.25) is 0 Å². The molecule has 1 fully saturated rings. The van der Waals surface area contributed by atoms with Crippen LogP contribution in [0.2, 0.25) is 0 Å². The third-order valence-electron chi connectivity index (χ3n) is 3.60. The molecule has 0 aliphatic heterocycles. The largest absolute Gasteiger partial charge is 0.321 e. The fourth-order valence-corrected chi connectivity index (χ4v) is 2.49. The highest BCUT2D eigenvalue weighted by Gasteiger charge is 2.53. The van der Waals surface area contributed by atoms with E-state index in [1.807, 2.05) is 42.5 Å². The summed E-state index contributed by atoms with van der Waals surface area (Å²) in [6.07, 6.45) is 0.817. The molecule has 0 aromatic heterocycles. The lowest BCUT2D eigenvalue weighted by atomic mass is 9.99. The van der Waals surface area contributed by atoms with Crippen molar-refractivity contribution in [2.45, 2.75) is 17.9 Å². The molecule has 2 aromatic carbocycles. The minimum absolute atomic E-state index is 0.103. The van der Waals surface area contributed by atoms with Crippen LogP contribution in [0.5, 0.6) is 0 Å². The van der Waals surface area contributed by atoms with Crippen LogP contribution < -0.4 is 5.73 Å². The van der Waals surface area contributed by atoms with Gasteiger partial charge >= 0.3 is 0 Å². The number of benzene rings is 2. The van der Waals surface area contributed by atoms with Crippen LogP contribution in [0.1, 0.15) is 23.5 Å². The van der Waals surface area contributed by atoms with Crippen LogP contribution in [0.25, 0.3) is 0 Å². The maximum absolute atomic E-state index is 13.7. The first kappa shape index (κ1) is 10.5. The van der Waals surface area contributed by atoms with E-state index in [-0.39, 0.29) is 17.3 Å². The van der Waals surface area contributed by atoms with Crippen LogP contribution in [0.4, 0.5) is 4.39 Å². The molecule has 0 saturated heterocycles. The number of rotatable bonds is 2. The Morgan fingerprint density at radius 2 is 1.65 bits per heavy atom. The van der Waals surface area contributed by atoms with E-state index in [9.17, 15) is 4.39 Å². The Bertz CT molecular complexity index is 538. The summed E-state index contributed by atoms with van der Waals surface area (Å²) in [6.45, 7) is 0. The Labute approximate surface area is 100 Å². The Hall–Kier alpha value is -1.67. The number of nitrogens with two attached hydrogens (primary N) is 1. The molecule has 2 N–H and O–H groups in total. The summed E-state index contributed by atoms with van der Waals surface area (Å²) in [4.78, 5) is 0. The molecule has 86 valence electrons. The summed E-state index contributed by atoms with van der Waals surface area (Å²) >= 11 is 0. The van der Waals surface area contributed by atoms with Crippen LogP contribution >= 0.6 is 0 Å². The number of hydrogen-bond donors (Lipinski definition) is 1. The number of halogens is 1. The SMILES string of the molecule is NC1(c2ccccc2)CC1c1ccccc1F. The molecule has 0 radical (unpaired) electrons. The minimum Gasteiger partial charge on any atom is -0.321 e. The summed E-state index contributed by atoms with van der Waals surface area (Å²) in [5.74, 6) is -0.0492. The molecule has 17 heavy (non-hydrogen) atoms. The lowest BCUT2D eigenvalue weighted by Gasteiger charge is -2.12. The second-order valence-electron chi connectivity index (χ2n) is 4.68. The third kappa shape index (κ3) is 1.65. The standard InChI is InChI=1S/C15H14FN/c16-14-9-5-4-8-12(14)13-10-15(13,17)11-6-2-1-3-7-11/h1-9,13H,10,17H2. The second kappa shape index (κ2) is 3.67. The molecule has 0 spiro atoms. The van der Waals surface area contributed by atoms with E-state index in [2.05, 4.69) is 0 Å². The normalized spacial score (nSPS) is 26.8. The van der Waals surface area contributed by atoms with E-state index < -0.39 is 0 Å². The zero-order chi connectivity index (χ0) is 11.9. The lowest BCUT2D eigenvalue weighted by molar-refractivity contribution is 0.598. The average molecular weight is 227 g/mol. The van der Waals surface area contributed by atoms with E-state index in [0.29, 0.717) is 0 Å². The van der Waals surface area contributed by atoms with Crippen molar-refractivity contribution in [2.24, 2.45) is 5.73 Å². The van der Waals surface area contributed by atoms with E-state index in [4.69, 9.17) is 5.73 Å². The van der Waals surface area contributed by atoms with Crippen LogP contribution in [0.3, 0.4) is 0 Å². The molecule has 2 unspecified atom stereocenters. The third-order valence-corrected chi connectivity index (χ3v) is 3.60. The predicted molar refractivity (Wildman–Crippen MR) is 66.1 cm³/mol. The Balaban J connectivity index is 1.94. The summed E-state index contributed by atoms with van der Waals surface area (Å²) in [5.41, 5.74) is 7.79. The fourth-order valence-electron chi connectivity index (χ4n) is 2.49. The molecule has 2 heteroatoms. The van der Waals surface area contributed by atoms with E-state index in [0.717, 1.165) is 17.5 Å². The van der Waals surface area contributed by atoms with Gasteiger partial charge in [0.2, 0.25) is 0 Å². The monoisotopic (exact) mass is 227 g/mol. The van der Waals surface area contributed by atoms with Crippen LogP contribution in [-0.2, 0) is 5.54 Å². The summed E-state index contributed by atoms with van der Waals surface area (Å²) in [7, 11) is 0. The molecular weight excluding hydrogens is 213 g/mol. The van der Waals surface area contributed by atoms with E-state index >= 15 is 0 Å².